The van der Waals surface area contributed by atoms with E-state index in [0.29, 0.717) is 24.9 Å². The van der Waals surface area contributed by atoms with Gasteiger partial charge in [0.05, 0.1) is 55.0 Å². The third-order valence-electron chi connectivity index (χ3n) is 9.43. The van der Waals surface area contributed by atoms with Crippen LogP contribution in [-0.2, 0) is 44.4 Å². The van der Waals surface area contributed by atoms with Crippen LogP contribution in [0, 0.1) is 17.8 Å². The van der Waals surface area contributed by atoms with E-state index in [4.69, 9.17) is 9.47 Å². The number of methoxy groups -OCH3 is 2. The molecule has 0 spiro atoms. The summed E-state index contributed by atoms with van der Waals surface area (Å²) in [5, 5.41) is 5.70. The van der Waals surface area contributed by atoms with Gasteiger partial charge in [-0.15, -0.1) is 0 Å². The minimum atomic E-state index is -3.96. The number of carbonyl (C=O) groups is 4. The van der Waals surface area contributed by atoms with Crippen molar-refractivity contribution in [3.05, 3.63) is 35.9 Å². The van der Waals surface area contributed by atoms with Crippen molar-refractivity contribution in [2.45, 2.75) is 96.4 Å². The van der Waals surface area contributed by atoms with Crippen LogP contribution in [-0.4, -0.2) is 114 Å². The lowest BCUT2D eigenvalue weighted by Crippen LogP contribution is -2.55. The van der Waals surface area contributed by atoms with Crippen molar-refractivity contribution in [2.24, 2.45) is 17.8 Å². The number of carbonyl (C=O) groups excluding carboxylic acids is 4. The lowest BCUT2D eigenvalue weighted by molar-refractivity contribution is -0.145. The largest absolute Gasteiger partial charge is 0.379 e. The fourth-order valence-electron chi connectivity index (χ4n) is 6.57. The van der Waals surface area contributed by atoms with Crippen LogP contribution in [0.5, 0.6) is 0 Å². The Labute approximate surface area is 286 Å². The van der Waals surface area contributed by atoms with Gasteiger partial charge in [-0.2, -0.15) is 0 Å². The van der Waals surface area contributed by atoms with E-state index in [-0.39, 0.29) is 48.3 Å². The van der Waals surface area contributed by atoms with Gasteiger partial charge in [0.1, 0.15) is 0 Å². The van der Waals surface area contributed by atoms with E-state index in [0.717, 1.165) is 6.42 Å². The minimum absolute atomic E-state index is 0.0242. The number of hydrogen-bond acceptors (Lipinski definition) is 9. The number of nitrogens with zero attached hydrogens (tertiary/aromatic N) is 2. The van der Waals surface area contributed by atoms with Gasteiger partial charge in [0.2, 0.25) is 33.7 Å². The van der Waals surface area contributed by atoms with E-state index in [9.17, 15) is 27.6 Å². The second-order valence-corrected chi connectivity index (χ2v) is 14.8. The molecular weight excluding hydrogens is 638 g/mol. The number of amides is 4. The zero-order valence-electron chi connectivity index (χ0n) is 30.0. The van der Waals surface area contributed by atoms with Crippen LogP contribution < -0.4 is 15.4 Å². The van der Waals surface area contributed by atoms with Gasteiger partial charge in [-0.3, -0.25) is 23.9 Å². The molecule has 1 unspecified atom stereocenters. The molecule has 14 heteroatoms. The lowest BCUT2D eigenvalue weighted by atomic mass is 9.90. The molecule has 3 N–H and O–H groups in total. The Kier molecular flexibility index (Phi) is 16.4. The highest BCUT2D eigenvalue weighted by Gasteiger charge is 2.42. The quantitative estimate of drug-likeness (QED) is 0.196. The maximum absolute atomic E-state index is 13.9. The van der Waals surface area contributed by atoms with Gasteiger partial charge in [-0.1, -0.05) is 71.4 Å². The number of sulfonamides is 1. The normalized spacial score (nSPS) is 18.8. The Morgan fingerprint density at radius 3 is 2.21 bits per heavy atom. The first-order chi connectivity index (χ1) is 22.6. The molecule has 0 bridgehead atoms. The Morgan fingerprint density at radius 2 is 1.67 bits per heavy atom. The molecule has 13 nitrogen and oxygen atoms in total. The topological polar surface area (TPSA) is 163 Å². The van der Waals surface area contributed by atoms with Crippen LogP contribution >= 0.6 is 0 Å². The molecule has 272 valence electrons. The molecule has 4 amide bonds. The molecule has 1 aromatic rings. The molecule has 0 aromatic heterocycles. The van der Waals surface area contributed by atoms with Crippen LogP contribution in [0.15, 0.2) is 30.3 Å². The van der Waals surface area contributed by atoms with Gasteiger partial charge in [0, 0.05) is 27.8 Å². The summed E-state index contributed by atoms with van der Waals surface area (Å²) in [5.41, 5.74) is 0.551. The van der Waals surface area contributed by atoms with E-state index in [2.05, 4.69) is 15.4 Å². The summed E-state index contributed by atoms with van der Waals surface area (Å²) in [5.74, 6) is -2.70. The second-order valence-electron chi connectivity index (χ2n) is 13.1. The number of benzene rings is 1. The molecular formula is C34H57N5O8S. The van der Waals surface area contributed by atoms with Gasteiger partial charge in [0.25, 0.3) is 0 Å². The first-order valence-electron chi connectivity index (χ1n) is 16.8. The Balaban J connectivity index is 2.16. The third-order valence-corrected chi connectivity index (χ3v) is 10.7. The Hall–Kier alpha value is -3.07. The molecule has 0 radical (unpaired) electrons. The summed E-state index contributed by atoms with van der Waals surface area (Å²) >= 11 is 0. The van der Waals surface area contributed by atoms with Crippen molar-refractivity contribution in [1.29, 1.82) is 0 Å². The molecule has 1 aromatic carbocycles. The van der Waals surface area contributed by atoms with Gasteiger partial charge in [-0.25, -0.2) is 8.42 Å². The van der Waals surface area contributed by atoms with Crippen molar-refractivity contribution in [3.63, 3.8) is 0 Å². The average Bonchev–Trinajstić information content (AvgIpc) is 3.53. The van der Waals surface area contributed by atoms with E-state index >= 15 is 0 Å². The lowest BCUT2D eigenvalue weighted by Gasteiger charge is -2.39. The van der Waals surface area contributed by atoms with Crippen LogP contribution in [0.4, 0.5) is 0 Å². The molecule has 48 heavy (non-hydrogen) atoms. The van der Waals surface area contributed by atoms with E-state index in [1.165, 1.54) is 14.2 Å². The molecule has 1 saturated heterocycles. The predicted octanol–water partition coefficient (Wildman–Crippen LogP) is 1.91. The van der Waals surface area contributed by atoms with Gasteiger partial charge >= 0.3 is 0 Å². The molecule has 1 fully saturated rings. The van der Waals surface area contributed by atoms with E-state index in [1.54, 1.807) is 61.2 Å². The summed E-state index contributed by atoms with van der Waals surface area (Å²) < 4.78 is 39.3. The fourth-order valence-corrected chi connectivity index (χ4v) is 7.76. The summed E-state index contributed by atoms with van der Waals surface area (Å²) in [6.07, 6.45) is 0.552. The van der Waals surface area contributed by atoms with Gasteiger partial charge in [0.15, 0.2) is 0 Å². The van der Waals surface area contributed by atoms with Crippen molar-refractivity contribution in [2.75, 3.05) is 41.4 Å². The highest BCUT2D eigenvalue weighted by Crippen LogP contribution is 2.29. The maximum atomic E-state index is 13.9. The van der Waals surface area contributed by atoms with Crippen LogP contribution in [0.25, 0.3) is 0 Å². The monoisotopic (exact) mass is 695 g/mol. The Morgan fingerprint density at radius 1 is 1.02 bits per heavy atom. The zero-order valence-corrected chi connectivity index (χ0v) is 30.8. The van der Waals surface area contributed by atoms with Crippen molar-refractivity contribution >= 4 is 33.7 Å². The van der Waals surface area contributed by atoms with Crippen molar-refractivity contribution < 1.29 is 37.1 Å². The molecule has 1 aliphatic rings. The van der Waals surface area contributed by atoms with Gasteiger partial charge < -0.3 is 29.9 Å². The zero-order chi connectivity index (χ0) is 36.2. The SMILES string of the molecule is CC[C@H](C)[C@@H]([C@@H](CC(=O)N1CCC[C@H]1[C@H](OC)[C@@H](C)C(=O)NS(=O)(=O)Cc1ccccc1)OC)N(C)C(=O)CNC(=O)C(NC)C(C)C. The maximum Gasteiger partial charge on any atom is 0.242 e. The van der Waals surface area contributed by atoms with Crippen LogP contribution in [0.2, 0.25) is 0 Å². The second kappa shape index (κ2) is 19.2. The summed E-state index contributed by atoms with van der Waals surface area (Å²) in [6.45, 7) is 9.67. The van der Waals surface area contributed by atoms with Crippen LogP contribution in [0.1, 0.15) is 65.9 Å². The van der Waals surface area contributed by atoms with Crippen LogP contribution in [0.3, 0.4) is 0 Å². The predicted molar refractivity (Wildman–Crippen MR) is 184 cm³/mol. The first-order valence-corrected chi connectivity index (χ1v) is 18.4. The van der Waals surface area contributed by atoms with E-state index in [1.807, 2.05) is 27.7 Å². The number of hydrogen-bond donors (Lipinski definition) is 3. The smallest absolute Gasteiger partial charge is 0.242 e. The number of likely N-dealkylation sites (tertiary alicyclic amines) is 1. The molecule has 0 saturated carbocycles. The van der Waals surface area contributed by atoms with Crippen molar-refractivity contribution in [1.82, 2.24) is 25.2 Å². The van der Waals surface area contributed by atoms with Crippen molar-refractivity contribution in [3.8, 4) is 0 Å². The molecule has 1 aliphatic heterocycles. The van der Waals surface area contributed by atoms with Gasteiger partial charge in [-0.05, 0) is 37.3 Å². The summed E-state index contributed by atoms with van der Waals surface area (Å²) in [6, 6.07) is 7.22. The summed E-state index contributed by atoms with van der Waals surface area (Å²) in [4.78, 5) is 56.3. The number of rotatable bonds is 19. The highest BCUT2D eigenvalue weighted by molar-refractivity contribution is 7.89. The van der Waals surface area contributed by atoms with E-state index < -0.39 is 52.2 Å². The summed E-state index contributed by atoms with van der Waals surface area (Å²) in [7, 11) is 2.36. The minimum Gasteiger partial charge on any atom is -0.379 e. The Bertz CT molecular complexity index is 1310. The molecule has 1 heterocycles. The molecule has 2 rings (SSSR count). The third kappa shape index (κ3) is 11.2. The average molecular weight is 696 g/mol. The number of ether oxygens (including phenoxy) is 2. The highest BCUT2D eigenvalue weighted by atomic mass is 32.2. The standard InChI is InChI=1S/C34H57N5O8S/c1-10-23(4)31(38(7)29(41)20-36-34(43)30(35-6)22(2)3)27(46-8)19-28(40)39-18-14-17-26(39)32(47-9)24(5)33(42)37-48(44,45)21-25-15-12-11-13-16-25/h11-13,15-16,22-24,26-27,30-32,35H,10,14,17-21H2,1-9H3,(H,36,43)(H,37,42)/t23-,24+,26-,27+,30?,31-,32+/m0/s1. The first kappa shape index (κ1) is 41.1. The number of likely N-dealkylation sites (N-methyl/N-ethyl adjacent to an activating group) is 2. The molecule has 7 atom stereocenters. The fraction of sp³-hybridized carbons (Fsp3) is 0.706. The molecule has 0 aliphatic carbocycles. The number of nitrogens with one attached hydrogen (secondary N) is 3.